The van der Waals surface area contributed by atoms with E-state index in [-0.39, 0.29) is 17.8 Å². The number of hydrogen-bond donors (Lipinski definition) is 3. The maximum absolute atomic E-state index is 12.8. The van der Waals surface area contributed by atoms with Crippen LogP contribution >= 0.6 is 0 Å². The average Bonchev–Trinajstić information content (AvgIpc) is 3.13. The molecular weight excluding hydrogens is 648 g/mol. The lowest BCUT2D eigenvalue weighted by atomic mass is 10.2. The van der Waals surface area contributed by atoms with E-state index in [2.05, 4.69) is 40.5 Å². The fourth-order valence-electron chi connectivity index (χ4n) is 5.30. The summed E-state index contributed by atoms with van der Waals surface area (Å²) in [6.07, 6.45) is 6.35. The van der Waals surface area contributed by atoms with Crippen LogP contribution < -0.4 is 26.6 Å². The highest BCUT2D eigenvalue weighted by molar-refractivity contribution is 5.91. The van der Waals surface area contributed by atoms with E-state index >= 15 is 0 Å². The Morgan fingerprint density at radius 2 is 1.16 bits per heavy atom. The van der Waals surface area contributed by atoms with E-state index in [9.17, 15) is 14.8 Å². The molecule has 1 aromatic carbocycles. The minimum atomic E-state index is -0.546. The molecule has 0 saturated heterocycles. The van der Waals surface area contributed by atoms with Crippen LogP contribution in [0.3, 0.4) is 0 Å². The van der Waals surface area contributed by atoms with Crippen LogP contribution in [-0.4, -0.2) is 44.6 Å². The van der Waals surface area contributed by atoms with E-state index < -0.39 is 5.56 Å². The van der Waals surface area contributed by atoms with E-state index in [4.69, 9.17) is 4.84 Å². The van der Waals surface area contributed by atoms with Crippen LogP contribution in [0.15, 0.2) is 101 Å². The summed E-state index contributed by atoms with van der Waals surface area (Å²) >= 11 is 0. The third kappa shape index (κ3) is 7.96. The summed E-state index contributed by atoms with van der Waals surface area (Å²) in [6.45, 7) is 8.85. The smallest absolute Gasteiger partial charge is 0.287 e. The molecule has 51 heavy (non-hydrogen) atoms. The first-order chi connectivity index (χ1) is 24.7. The summed E-state index contributed by atoms with van der Waals surface area (Å²) in [6, 6.07) is 20.4. The van der Waals surface area contributed by atoms with Gasteiger partial charge in [-0.1, -0.05) is 42.5 Å². The van der Waals surface area contributed by atoms with Crippen LogP contribution in [0.5, 0.6) is 0 Å². The minimum Gasteiger partial charge on any atom is -0.423 e. The number of fused-ring (bicyclic) bond motifs is 2. The molecule has 0 aliphatic heterocycles. The van der Waals surface area contributed by atoms with Crippen molar-refractivity contribution in [2.24, 2.45) is 0 Å². The van der Waals surface area contributed by atoms with Crippen LogP contribution in [0.1, 0.15) is 39.5 Å². The van der Waals surface area contributed by atoms with Crippen molar-refractivity contribution in [3.8, 4) is 0 Å². The fourth-order valence-corrected chi connectivity index (χ4v) is 5.30. The Labute approximate surface area is 292 Å². The summed E-state index contributed by atoms with van der Waals surface area (Å²) in [5.41, 5.74) is 7.35. The molecule has 0 unspecified atom stereocenters. The first-order valence-electron chi connectivity index (χ1n) is 16.1. The Hall–Kier alpha value is -6.70. The van der Waals surface area contributed by atoms with Gasteiger partial charge in [0.1, 0.15) is 19.3 Å². The molecule has 0 spiro atoms. The van der Waals surface area contributed by atoms with Crippen molar-refractivity contribution in [3.63, 3.8) is 0 Å². The largest absolute Gasteiger partial charge is 0.423 e. The molecule has 0 atom stereocenters. The van der Waals surface area contributed by atoms with Gasteiger partial charge in [0.25, 0.3) is 11.1 Å². The molecule has 6 heterocycles. The predicted molar refractivity (Wildman–Crippen MR) is 194 cm³/mol. The number of aryl methyl sites for hydroxylation is 4. The van der Waals surface area contributed by atoms with E-state index in [1.54, 1.807) is 13.1 Å². The van der Waals surface area contributed by atoms with Gasteiger partial charge >= 0.3 is 0 Å². The predicted octanol–water partition coefficient (Wildman–Crippen LogP) is 4.70. The number of nitrogens with zero attached hydrogens (tertiary/aromatic N) is 8. The number of pyridine rings is 4. The first-order valence-corrected chi connectivity index (χ1v) is 16.1. The first kappa shape index (κ1) is 34.2. The Kier molecular flexibility index (Phi) is 10.2. The molecule has 0 fully saturated rings. The zero-order valence-electron chi connectivity index (χ0n) is 28.5. The van der Waals surface area contributed by atoms with Crippen molar-refractivity contribution in [2.75, 3.05) is 10.6 Å². The summed E-state index contributed by atoms with van der Waals surface area (Å²) in [4.78, 5) is 55.6. The Morgan fingerprint density at radius 1 is 0.627 bits per heavy atom. The lowest BCUT2D eigenvalue weighted by Gasteiger charge is -2.15. The van der Waals surface area contributed by atoms with Gasteiger partial charge in [0.2, 0.25) is 0 Å². The zero-order valence-corrected chi connectivity index (χ0v) is 28.5. The highest BCUT2D eigenvalue weighted by atomic mass is 16.7. The van der Waals surface area contributed by atoms with Crippen molar-refractivity contribution >= 4 is 33.4 Å². The highest BCUT2D eigenvalue weighted by Crippen LogP contribution is 2.24. The van der Waals surface area contributed by atoms with Crippen molar-refractivity contribution in [3.05, 3.63) is 152 Å². The van der Waals surface area contributed by atoms with E-state index in [0.29, 0.717) is 45.9 Å². The van der Waals surface area contributed by atoms with Crippen molar-refractivity contribution in [2.45, 2.75) is 47.4 Å². The molecule has 0 aliphatic carbocycles. The lowest BCUT2D eigenvalue weighted by Crippen LogP contribution is -2.28. The molecule has 0 aliphatic rings. The normalized spacial score (nSPS) is 10.8. The molecule has 0 bridgehead atoms. The van der Waals surface area contributed by atoms with Gasteiger partial charge in [-0.25, -0.2) is 19.9 Å². The van der Waals surface area contributed by atoms with Gasteiger partial charge in [0, 0.05) is 49.0 Å². The quantitative estimate of drug-likeness (QED) is 0.179. The zero-order chi connectivity index (χ0) is 35.9. The third-order valence-electron chi connectivity index (χ3n) is 8.02. The second-order valence-corrected chi connectivity index (χ2v) is 11.8. The van der Waals surface area contributed by atoms with Crippen LogP contribution in [0, 0.1) is 27.7 Å². The molecule has 258 valence electrons. The van der Waals surface area contributed by atoms with Crippen molar-refractivity contribution < 1.29 is 10.0 Å². The summed E-state index contributed by atoms with van der Waals surface area (Å²) in [7, 11) is 0. The molecular formula is C37H36N10O4. The van der Waals surface area contributed by atoms with Gasteiger partial charge in [-0.05, 0) is 56.5 Å². The summed E-state index contributed by atoms with van der Waals surface area (Å²) < 4.78 is 1.76. The molecule has 3 N–H and O–H groups in total. The second-order valence-electron chi connectivity index (χ2n) is 11.8. The standard InChI is InChI=1S/C22H21N5O2.C15H15N5O2/c1-15-8-9-18(11-23-15)12-24-19-10-20(28)27(22-21(19)16(2)25-14-26-22)29-13-17-6-4-3-5-7-17;1-9-3-4-11(6-16-9)7-17-12-5-13(21)20(22)15-14(12)10(2)18-8-19-15/h3-11,14,24H,12-13H2,1-2H3;3-6,8,17,22H,7H2,1-2H3. The van der Waals surface area contributed by atoms with Crippen LogP contribution in [0.25, 0.3) is 22.1 Å². The molecule has 7 rings (SSSR count). The third-order valence-corrected chi connectivity index (χ3v) is 8.02. The van der Waals surface area contributed by atoms with Gasteiger partial charge in [0.05, 0.1) is 33.5 Å². The SMILES string of the molecule is Cc1ccc(CNc2cc(=O)n(O)c3ncnc(C)c23)cn1.Cc1ccc(CNc2cc(=O)n(OCc3ccccc3)c3ncnc(C)c23)cn1. The van der Waals surface area contributed by atoms with Crippen molar-refractivity contribution in [1.82, 2.24) is 39.4 Å². The van der Waals surface area contributed by atoms with Crippen LogP contribution in [-0.2, 0) is 19.7 Å². The summed E-state index contributed by atoms with van der Waals surface area (Å²) in [5, 5.41) is 17.7. The number of nitrogens with one attached hydrogen (secondary N) is 2. The Bertz CT molecular complexity index is 2410. The van der Waals surface area contributed by atoms with Crippen LogP contribution in [0.4, 0.5) is 11.4 Å². The maximum atomic E-state index is 12.8. The Balaban J connectivity index is 0.000000183. The number of aromatic nitrogens is 8. The van der Waals surface area contributed by atoms with E-state index in [1.165, 1.54) is 29.5 Å². The van der Waals surface area contributed by atoms with E-state index in [0.717, 1.165) is 39.2 Å². The van der Waals surface area contributed by atoms with Crippen molar-refractivity contribution in [1.29, 1.82) is 0 Å². The number of hydrogen-bond acceptors (Lipinski definition) is 12. The molecule has 0 amide bonds. The molecule has 14 heteroatoms. The lowest BCUT2D eigenvalue weighted by molar-refractivity contribution is 0.0979. The monoisotopic (exact) mass is 684 g/mol. The van der Waals surface area contributed by atoms with E-state index in [1.807, 2.05) is 81.6 Å². The maximum Gasteiger partial charge on any atom is 0.287 e. The fraction of sp³-hybridized carbons (Fsp3) is 0.189. The number of anilines is 2. The molecule has 0 saturated carbocycles. The van der Waals surface area contributed by atoms with Gasteiger partial charge in [0.15, 0.2) is 11.3 Å². The van der Waals surface area contributed by atoms with Gasteiger partial charge in [-0.15, -0.1) is 9.46 Å². The minimum absolute atomic E-state index is 0.185. The average molecular weight is 685 g/mol. The van der Waals surface area contributed by atoms with Crippen LogP contribution in [0.2, 0.25) is 0 Å². The van der Waals surface area contributed by atoms with Gasteiger partial charge < -0.3 is 20.7 Å². The molecule has 7 aromatic rings. The van der Waals surface area contributed by atoms with Gasteiger partial charge in [-0.2, -0.15) is 0 Å². The molecule has 0 radical (unpaired) electrons. The topological polar surface area (TPSA) is 175 Å². The number of benzene rings is 1. The Morgan fingerprint density at radius 3 is 1.71 bits per heavy atom. The molecule has 6 aromatic heterocycles. The summed E-state index contributed by atoms with van der Waals surface area (Å²) in [5.74, 6) is 0. The van der Waals surface area contributed by atoms with Gasteiger partial charge in [-0.3, -0.25) is 19.6 Å². The number of rotatable bonds is 9. The highest BCUT2D eigenvalue weighted by Gasteiger charge is 2.15. The molecule has 14 nitrogen and oxygen atoms in total. The second kappa shape index (κ2) is 15.2.